The molecule has 0 aliphatic carbocycles. The maximum Gasteiger partial charge on any atom is 0.193 e. The maximum atomic E-state index is 4.69. The first kappa shape index (κ1) is 14.6. The first-order valence-corrected chi connectivity index (χ1v) is 8.84. The third-order valence-electron chi connectivity index (χ3n) is 4.20. The van der Waals surface area contributed by atoms with Gasteiger partial charge in [0.15, 0.2) is 4.96 Å². The monoisotopic (exact) mass is 328 g/mol. The number of hydrogen-bond acceptors (Lipinski definition) is 6. The molecule has 7 heteroatoms. The van der Waals surface area contributed by atoms with Crippen molar-refractivity contribution in [3.05, 3.63) is 40.5 Å². The molecule has 2 N–H and O–H groups in total. The summed E-state index contributed by atoms with van der Waals surface area (Å²) in [5.41, 5.74) is 3.45. The van der Waals surface area contributed by atoms with Crippen LogP contribution in [0.25, 0.3) is 4.96 Å². The molecule has 0 radical (unpaired) electrons. The third kappa shape index (κ3) is 2.82. The normalized spacial score (nSPS) is 16.1. The van der Waals surface area contributed by atoms with Crippen molar-refractivity contribution in [3.8, 4) is 0 Å². The van der Waals surface area contributed by atoms with Gasteiger partial charge in [0.25, 0.3) is 0 Å². The van der Waals surface area contributed by atoms with Crippen LogP contribution in [0, 0.1) is 6.92 Å². The molecule has 1 aliphatic heterocycles. The molecule has 1 aliphatic rings. The van der Waals surface area contributed by atoms with Gasteiger partial charge >= 0.3 is 0 Å². The number of imidazole rings is 1. The van der Waals surface area contributed by atoms with Crippen molar-refractivity contribution in [3.63, 3.8) is 0 Å². The predicted octanol–water partition coefficient (Wildman–Crippen LogP) is 2.36. The zero-order chi connectivity index (χ0) is 15.8. The Morgan fingerprint density at radius 2 is 2.13 bits per heavy atom. The fraction of sp³-hybridized carbons (Fsp3) is 0.438. The van der Waals surface area contributed by atoms with Gasteiger partial charge in [-0.3, -0.25) is 4.40 Å². The van der Waals surface area contributed by atoms with Gasteiger partial charge in [-0.2, -0.15) is 0 Å². The van der Waals surface area contributed by atoms with Crippen LogP contribution in [0.5, 0.6) is 0 Å². The quantitative estimate of drug-likeness (QED) is 0.772. The van der Waals surface area contributed by atoms with E-state index in [2.05, 4.69) is 43.1 Å². The average Bonchev–Trinajstić information content (AvgIpc) is 3.02. The van der Waals surface area contributed by atoms with Gasteiger partial charge in [0, 0.05) is 36.3 Å². The summed E-state index contributed by atoms with van der Waals surface area (Å²) in [5, 5.41) is 9.03. The number of rotatable bonds is 3. The van der Waals surface area contributed by atoms with Crippen molar-refractivity contribution >= 4 is 22.1 Å². The number of aromatic nitrogens is 4. The second-order valence-corrected chi connectivity index (χ2v) is 6.79. The Kier molecular flexibility index (Phi) is 3.74. The van der Waals surface area contributed by atoms with Gasteiger partial charge in [-0.1, -0.05) is 0 Å². The SMILES string of the molecule is Cc1nc2c(c(N[C@@H](C)c3cn4ccsc4n3)n1)CCNCC2. The molecule has 0 saturated carbocycles. The van der Waals surface area contributed by atoms with E-state index in [0.29, 0.717) is 0 Å². The zero-order valence-corrected chi connectivity index (χ0v) is 14.2. The summed E-state index contributed by atoms with van der Waals surface area (Å²) in [6, 6.07) is 0.108. The van der Waals surface area contributed by atoms with E-state index in [1.54, 1.807) is 11.3 Å². The number of anilines is 1. The molecular formula is C16H20N6S. The number of nitrogens with one attached hydrogen (secondary N) is 2. The first-order valence-electron chi connectivity index (χ1n) is 7.96. The van der Waals surface area contributed by atoms with Crippen LogP contribution in [0.1, 0.15) is 35.7 Å². The van der Waals surface area contributed by atoms with Crippen molar-refractivity contribution < 1.29 is 0 Å². The molecule has 3 aromatic heterocycles. The fourth-order valence-electron chi connectivity index (χ4n) is 3.02. The molecule has 3 aromatic rings. The van der Waals surface area contributed by atoms with Crippen LogP contribution in [0.3, 0.4) is 0 Å². The standard InChI is InChI=1S/C16H20N6S/c1-10(14-9-22-7-8-23-16(22)21-14)18-15-12-3-5-17-6-4-13(12)19-11(2)20-15/h7-10,17H,3-6H2,1-2H3,(H,18,19,20)/t10-/m0/s1. The smallest absolute Gasteiger partial charge is 0.193 e. The summed E-state index contributed by atoms with van der Waals surface area (Å²) in [5.74, 6) is 1.78. The second kappa shape index (κ2) is 5.90. The van der Waals surface area contributed by atoms with Gasteiger partial charge in [0.2, 0.25) is 0 Å². The van der Waals surface area contributed by atoms with E-state index >= 15 is 0 Å². The summed E-state index contributed by atoms with van der Waals surface area (Å²) in [4.78, 5) is 15.0. The second-order valence-electron chi connectivity index (χ2n) is 5.92. The number of fused-ring (bicyclic) bond motifs is 2. The van der Waals surface area contributed by atoms with Crippen LogP contribution in [-0.2, 0) is 12.8 Å². The Balaban J connectivity index is 1.65. The van der Waals surface area contributed by atoms with Crippen LogP contribution < -0.4 is 10.6 Å². The van der Waals surface area contributed by atoms with Crippen LogP contribution >= 0.6 is 11.3 Å². The van der Waals surface area contributed by atoms with Crippen molar-refractivity contribution in [1.82, 2.24) is 24.7 Å². The van der Waals surface area contributed by atoms with Crippen molar-refractivity contribution in [1.29, 1.82) is 0 Å². The number of hydrogen-bond donors (Lipinski definition) is 2. The summed E-state index contributed by atoms with van der Waals surface area (Å²) in [6.45, 7) is 6.05. The van der Waals surface area contributed by atoms with E-state index in [1.807, 2.05) is 18.5 Å². The molecular weight excluding hydrogens is 308 g/mol. The third-order valence-corrected chi connectivity index (χ3v) is 4.97. The van der Waals surface area contributed by atoms with Gasteiger partial charge in [-0.15, -0.1) is 11.3 Å². The van der Waals surface area contributed by atoms with Crippen molar-refractivity contribution in [2.24, 2.45) is 0 Å². The van der Waals surface area contributed by atoms with E-state index in [4.69, 9.17) is 0 Å². The highest BCUT2D eigenvalue weighted by Crippen LogP contribution is 2.25. The zero-order valence-electron chi connectivity index (χ0n) is 13.3. The summed E-state index contributed by atoms with van der Waals surface area (Å²) in [6.07, 6.45) is 6.04. The molecule has 6 nitrogen and oxygen atoms in total. The van der Waals surface area contributed by atoms with Crippen LogP contribution in [0.4, 0.5) is 5.82 Å². The topological polar surface area (TPSA) is 67.1 Å². The lowest BCUT2D eigenvalue weighted by Crippen LogP contribution is -2.16. The Labute approximate surface area is 139 Å². The van der Waals surface area contributed by atoms with E-state index in [0.717, 1.165) is 48.2 Å². The molecule has 0 saturated heterocycles. The number of aryl methyl sites for hydroxylation is 1. The lowest BCUT2D eigenvalue weighted by Gasteiger charge is -2.17. The van der Waals surface area contributed by atoms with Gasteiger partial charge in [-0.05, 0) is 26.8 Å². The Morgan fingerprint density at radius 3 is 3.00 bits per heavy atom. The summed E-state index contributed by atoms with van der Waals surface area (Å²) in [7, 11) is 0. The fourth-order valence-corrected chi connectivity index (χ4v) is 3.73. The number of thiazole rings is 1. The molecule has 4 heterocycles. The van der Waals surface area contributed by atoms with Gasteiger partial charge in [-0.25, -0.2) is 15.0 Å². The van der Waals surface area contributed by atoms with Crippen LogP contribution in [0.2, 0.25) is 0 Å². The molecule has 0 fully saturated rings. The molecule has 0 bridgehead atoms. The van der Waals surface area contributed by atoms with E-state index in [-0.39, 0.29) is 6.04 Å². The molecule has 0 spiro atoms. The van der Waals surface area contributed by atoms with E-state index in [1.165, 1.54) is 11.3 Å². The minimum absolute atomic E-state index is 0.108. The molecule has 1 atom stereocenters. The van der Waals surface area contributed by atoms with Gasteiger partial charge in [0.05, 0.1) is 17.4 Å². The van der Waals surface area contributed by atoms with E-state index in [9.17, 15) is 0 Å². The van der Waals surface area contributed by atoms with Crippen molar-refractivity contribution in [2.45, 2.75) is 32.7 Å². The largest absolute Gasteiger partial charge is 0.362 e. The molecule has 120 valence electrons. The molecule has 4 rings (SSSR count). The lowest BCUT2D eigenvalue weighted by molar-refractivity contribution is 0.708. The highest BCUT2D eigenvalue weighted by Gasteiger charge is 2.18. The van der Waals surface area contributed by atoms with Crippen LogP contribution in [0.15, 0.2) is 17.8 Å². The van der Waals surface area contributed by atoms with Gasteiger partial charge in [0.1, 0.15) is 11.6 Å². The molecule has 0 amide bonds. The van der Waals surface area contributed by atoms with Gasteiger partial charge < -0.3 is 10.6 Å². The van der Waals surface area contributed by atoms with E-state index < -0.39 is 0 Å². The molecule has 0 aromatic carbocycles. The highest BCUT2D eigenvalue weighted by atomic mass is 32.1. The van der Waals surface area contributed by atoms with Crippen molar-refractivity contribution in [2.75, 3.05) is 18.4 Å². The highest BCUT2D eigenvalue weighted by molar-refractivity contribution is 7.15. The number of nitrogens with zero attached hydrogens (tertiary/aromatic N) is 4. The Morgan fingerprint density at radius 1 is 1.26 bits per heavy atom. The average molecular weight is 328 g/mol. The minimum Gasteiger partial charge on any atom is -0.362 e. The Bertz CT molecular complexity index is 808. The lowest BCUT2D eigenvalue weighted by atomic mass is 10.1. The molecule has 23 heavy (non-hydrogen) atoms. The molecule has 0 unspecified atom stereocenters. The Hall–Kier alpha value is -1.99. The predicted molar refractivity (Wildman–Crippen MR) is 92.2 cm³/mol. The first-order chi connectivity index (χ1) is 11.2. The minimum atomic E-state index is 0.108. The maximum absolute atomic E-state index is 4.69. The summed E-state index contributed by atoms with van der Waals surface area (Å²) >= 11 is 1.65. The summed E-state index contributed by atoms with van der Waals surface area (Å²) < 4.78 is 2.06. The van der Waals surface area contributed by atoms with Crippen LogP contribution in [-0.4, -0.2) is 32.4 Å².